The van der Waals surface area contributed by atoms with E-state index < -0.39 is 5.72 Å². The van der Waals surface area contributed by atoms with Gasteiger partial charge in [0.25, 0.3) is 5.91 Å². The Morgan fingerprint density at radius 1 is 0.964 bits per heavy atom. The van der Waals surface area contributed by atoms with Gasteiger partial charge in [-0.1, -0.05) is 48.5 Å². The molecule has 1 aliphatic heterocycles. The molecule has 0 aromatic heterocycles. The van der Waals surface area contributed by atoms with Crippen LogP contribution in [-0.4, -0.2) is 16.9 Å². The van der Waals surface area contributed by atoms with Crippen LogP contribution in [0.1, 0.15) is 28.4 Å². The van der Waals surface area contributed by atoms with Gasteiger partial charge in [-0.05, 0) is 35.9 Å². The van der Waals surface area contributed by atoms with Crippen LogP contribution >= 0.6 is 0 Å². The number of hydrogen-bond donors (Lipinski definition) is 2. The van der Waals surface area contributed by atoms with Gasteiger partial charge in [-0.3, -0.25) is 14.5 Å². The lowest BCUT2D eigenvalue weighted by Gasteiger charge is -2.34. The topological polar surface area (TPSA) is 69.6 Å². The van der Waals surface area contributed by atoms with E-state index in [-0.39, 0.29) is 18.2 Å². The zero-order chi connectivity index (χ0) is 19.7. The second-order valence-electron chi connectivity index (χ2n) is 6.89. The first-order valence-electron chi connectivity index (χ1n) is 9.07. The summed E-state index contributed by atoms with van der Waals surface area (Å²) < 4.78 is 0. The van der Waals surface area contributed by atoms with Crippen LogP contribution in [-0.2, 0) is 16.9 Å². The van der Waals surface area contributed by atoms with Crippen molar-refractivity contribution in [3.63, 3.8) is 0 Å². The van der Waals surface area contributed by atoms with E-state index >= 15 is 0 Å². The summed E-state index contributed by atoms with van der Waals surface area (Å²) in [5.41, 5.74) is 1.71. The van der Waals surface area contributed by atoms with Gasteiger partial charge < -0.3 is 10.4 Å². The Hall–Kier alpha value is -3.44. The van der Waals surface area contributed by atoms with Crippen LogP contribution in [0.4, 0.5) is 11.4 Å². The third kappa shape index (κ3) is 3.06. The van der Waals surface area contributed by atoms with Crippen LogP contribution in [0.3, 0.4) is 0 Å². The molecule has 0 unspecified atom stereocenters. The fourth-order valence-electron chi connectivity index (χ4n) is 3.71. The van der Waals surface area contributed by atoms with Crippen molar-refractivity contribution in [2.45, 2.75) is 19.1 Å². The van der Waals surface area contributed by atoms with E-state index in [0.717, 1.165) is 5.56 Å². The molecule has 3 aromatic carbocycles. The number of nitrogens with zero attached hydrogens (tertiary/aromatic N) is 1. The molecule has 0 fully saturated rings. The van der Waals surface area contributed by atoms with Crippen LogP contribution in [0.25, 0.3) is 0 Å². The van der Waals surface area contributed by atoms with Crippen molar-refractivity contribution in [2.75, 3.05) is 10.2 Å². The van der Waals surface area contributed by atoms with Gasteiger partial charge in [-0.25, -0.2) is 0 Å². The summed E-state index contributed by atoms with van der Waals surface area (Å²) in [6, 6.07) is 23.6. The summed E-state index contributed by atoms with van der Waals surface area (Å²) >= 11 is 0. The first-order chi connectivity index (χ1) is 13.5. The lowest BCUT2D eigenvalue weighted by atomic mass is 9.94. The van der Waals surface area contributed by atoms with Crippen LogP contribution < -0.4 is 10.2 Å². The average molecular weight is 372 g/mol. The Morgan fingerprint density at radius 2 is 1.61 bits per heavy atom. The summed E-state index contributed by atoms with van der Waals surface area (Å²) in [4.78, 5) is 25.8. The number of amides is 2. The maximum absolute atomic E-state index is 13.2. The third-order valence-corrected chi connectivity index (χ3v) is 4.90. The van der Waals surface area contributed by atoms with Gasteiger partial charge in [-0.15, -0.1) is 0 Å². The van der Waals surface area contributed by atoms with E-state index in [2.05, 4.69) is 5.32 Å². The minimum atomic E-state index is -1.50. The summed E-state index contributed by atoms with van der Waals surface area (Å²) in [5, 5.41) is 14.4. The standard InChI is InChI=1S/C23H20N2O3/c1-16(26)24-18-11-13-19(14-12-18)25-22(27)20-9-5-6-10-21(20)23(25,28)15-17-7-3-2-4-8-17/h2-14,28H,15H2,1H3,(H,24,26)/t23-/m0/s1. The number of aliphatic hydroxyl groups is 1. The quantitative estimate of drug-likeness (QED) is 0.734. The molecule has 2 amide bonds. The van der Waals surface area contributed by atoms with Crippen molar-refractivity contribution in [1.29, 1.82) is 0 Å². The number of nitrogens with one attached hydrogen (secondary N) is 1. The first kappa shape index (κ1) is 17.9. The molecule has 2 N–H and O–H groups in total. The first-order valence-corrected chi connectivity index (χ1v) is 9.07. The number of anilines is 2. The minimum Gasteiger partial charge on any atom is -0.366 e. The Balaban J connectivity index is 1.78. The molecule has 5 nitrogen and oxygen atoms in total. The van der Waals surface area contributed by atoms with Gasteiger partial charge in [0.2, 0.25) is 5.91 Å². The zero-order valence-corrected chi connectivity index (χ0v) is 15.4. The molecular formula is C23H20N2O3. The van der Waals surface area contributed by atoms with Crippen molar-refractivity contribution in [3.05, 3.63) is 95.6 Å². The van der Waals surface area contributed by atoms with Crippen LogP contribution in [0, 0.1) is 0 Å². The Labute approximate surface area is 163 Å². The fourth-order valence-corrected chi connectivity index (χ4v) is 3.71. The molecule has 4 rings (SSSR count). The molecule has 3 aromatic rings. The summed E-state index contributed by atoms with van der Waals surface area (Å²) in [5.74, 6) is -0.417. The Bertz CT molecular complexity index is 1030. The van der Waals surface area contributed by atoms with Crippen molar-refractivity contribution < 1.29 is 14.7 Å². The lowest BCUT2D eigenvalue weighted by Crippen LogP contribution is -2.45. The molecule has 140 valence electrons. The highest BCUT2D eigenvalue weighted by atomic mass is 16.3. The molecule has 1 heterocycles. The summed E-state index contributed by atoms with van der Waals surface area (Å²) in [6.45, 7) is 1.44. The van der Waals surface area contributed by atoms with Gasteiger partial charge in [0.1, 0.15) is 0 Å². The molecule has 0 radical (unpaired) electrons. The second-order valence-corrected chi connectivity index (χ2v) is 6.89. The molecule has 5 heteroatoms. The SMILES string of the molecule is CC(=O)Nc1ccc(N2C(=O)c3ccccc3[C@@]2(O)Cc2ccccc2)cc1. The number of carbonyl (C=O) groups excluding carboxylic acids is 2. The smallest absolute Gasteiger partial charge is 0.261 e. The van der Waals surface area contributed by atoms with E-state index in [1.54, 1.807) is 42.5 Å². The Morgan fingerprint density at radius 3 is 2.29 bits per heavy atom. The van der Waals surface area contributed by atoms with Gasteiger partial charge in [0, 0.05) is 35.8 Å². The van der Waals surface area contributed by atoms with E-state index in [1.807, 2.05) is 36.4 Å². The zero-order valence-electron chi connectivity index (χ0n) is 15.4. The molecular weight excluding hydrogens is 352 g/mol. The fraction of sp³-hybridized carbons (Fsp3) is 0.130. The molecule has 0 bridgehead atoms. The second kappa shape index (κ2) is 6.94. The third-order valence-electron chi connectivity index (χ3n) is 4.90. The highest BCUT2D eigenvalue weighted by molar-refractivity contribution is 6.11. The minimum absolute atomic E-state index is 0.169. The predicted octanol–water partition coefficient (Wildman–Crippen LogP) is 3.69. The van der Waals surface area contributed by atoms with Gasteiger partial charge in [-0.2, -0.15) is 0 Å². The number of fused-ring (bicyclic) bond motifs is 1. The number of carbonyl (C=O) groups is 2. The summed E-state index contributed by atoms with van der Waals surface area (Å²) in [7, 11) is 0. The highest BCUT2D eigenvalue weighted by Crippen LogP contribution is 2.42. The average Bonchev–Trinajstić information content (AvgIpc) is 2.90. The van der Waals surface area contributed by atoms with Crippen molar-refractivity contribution in [3.8, 4) is 0 Å². The van der Waals surface area contributed by atoms with E-state index in [0.29, 0.717) is 22.5 Å². The molecule has 1 atom stereocenters. The monoisotopic (exact) mass is 372 g/mol. The van der Waals surface area contributed by atoms with Crippen molar-refractivity contribution in [1.82, 2.24) is 0 Å². The molecule has 0 saturated heterocycles. The molecule has 28 heavy (non-hydrogen) atoms. The number of rotatable bonds is 4. The number of benzene rings is 3. The maximum Gasteiger partial charge on any atom is 0.261 e. The van der Waals surface area contributed by atoms with Gasteiger partial charge in [0.05, 0.1) is 0 Å². The van der Waals surface area contributed by atoms with Crippen LogP contribution in [0.2, 0.25) is 0 Å². The van der Waals surface area contributed by atoms with E-state index in [9.17, 15) is 14.7 Å². The molecule has 0 aliphatic carbocycles. The predicted molar refractivity (Wildman–Crippen MR) is 108 cm³/mol. The van der Waals surface area contributed by atoms with Crippen molar-refractivity contribution >= 4 is 23.2 Å². The van der Waals surface area contributed by atoms with Crippen LogP contribution in [0.5, 0.6) is 0 Å². The van der Waals surface area contributed by atoms with E-state index in [4.69, 9.17) is 0 Å². The Kier molecular flexibility index (Phi) is 4.45. The van der Waals surface area contributed by atoms with Crippen LogP contribution in [0.15, 0.2) is 78.9 Å². The molecule has 0 saturated carbocycles. The van der Waals surface area contributed by atoms with Gasteiger partial charge in [0.15, 0.2) is 5.72 Å². The normalized spacial score (nSPS) is 18.1. The lowest BCUT2D eigenvalue weighted by molar-refractivity contribution is -0.114. The number of hydrogen-bond acceptors (Lipinski definition) is 3. The molecule has 1 aliphatic rings. The maximum atomic E-state index is 13.2. The van der Waals surface area contributed by atoms with Gasteiger partial charge >= 0.3 is 0 Å². The highest BCUT2D eigenvalue weighted by Gasteiger charge is 2.49. The molecule has 0 spiro atoms. The largest absolute Gasteiger partial charge is 0.366 e. The van der Waals surface area contributed by atoms with E-state index in [1.165, 1.54) is 11.8 Å². The van der Waals surface area contributed by atoms with Crippen molar-refractivity contribution in [2.24, 2.45) is 0 Å². The summed E-state index contributed by atoms with van der Waals surface area (Å²) in [6.07, 6.45) is 0.268.